The number of nitrogens with one attached hydrogen (secondary N) is 1. The first-order valence-electron chi connectivity index (χ1n) is 6.33. The summed E-state index contributed by atoms with van der Waals surface area (Å²) in [7, 11) is -3.51. The van der Waals surface area contributed by atoms with Crippen LogP contribution in [0.5, 0.6) is 0 Å². The highest BCUT2D eigenvalue weighted by atomic mass is 79.9. The van der Waals surface area contributed by atoms with Crippen molar-refractivity contribution in [1.82, 2.24) is 4.72 Å². The highest BCUT2D eigenvalue weighted by Gasteiger charge is 2.23. The number of hydrogen-bond donors (Lipinski definition) is 2. The Balaban J connectivity index is 2.19. The Labute approximate surface area is 122 Å². The van der Waals surface area contributed by atoms with E-state index in [1.165, 1.54) is 18.9 Å². The van der Waals surface area contributed by atoms with Crippen LogP contribution in [-0.4, -0.2) is 20.1 Å². The Morgan fingerprint density at radius 1 is 1.42 bits per heavy atom. The molecule has 0 aliphatic heterocycles. The van der Waals surface area contributed by atoms with Crippen LogP contribution in [-0.2, 0) is 16.6 Å². The number of aliphatic hydroxyl groups excluding tert-OH is 1. The van der Waals surface area contributed by atoms with Crippen molar-refractivity contribution >= 4 is 26.0 Å². The summed E-state index contributed by atoms with van der Waals surface area (Å²) in [6.45, 7) is 2.05. The van der Waals surface area contributed by atoms with Crippen molar-refractivity contribution in [3.8, 4) is 0 Å². The first-order chi connectivity index (χ1) is 8.94. The minimum Gasteiger partial charge on any atom is -0.392 e. The van der Waals surface area contributed by atoms with E-state index >= 15 is 0 Å². The van der Waals surface area contributed by atoms with Crippen molar-refractivity contribution in [2.75, 3.05) is 6.54 Å². The van der Waals surface area contributed by atoms with E-state index in [-0.39, 0.29) is 11.5 Å². The van der Waals surface area contributed by atoms with Gasteiger partial charge in [-0.25, -0.2) is 13.1 Å². The normalized spacial score (nSPS) is 15.7. The molecule has 0 atom stereocenters. The molecular formula is C13H18BrNO3S. The summed E-state index contributed by atoms with van der Waals surface area (Å²) in [6, 6.07) is 3.26. The van der Waals surface area contributed by atoms with Crippen LogP contribution in [0, 0.1) is 12.8 Å². The maximum absolute atomic E-state index is 12.3. The third-order valence-electron chi connectivity index (χ3n) is 3.37. The number of aliphatic hydroxyl groups is 1. The molecule has 0 amide bonds. The summed E-state index contributed by atoms with van der Waals surface area (Å²) < 4.78 is 27.9. The first kappa shape index (κ1) is 15.0. The van der Waals surface area contributed by atoms with E-state index in [2.05, 4.69) is 20.7 Å². The summed E-state index contributed by atoms with van der Waals surface area (Å²) in [6.07, 6.45) is 3.33. The van der Waals surface area contributed by atoms with E-state index in [0.717, 1.165) is 6.42 Å². The SMILES string of the molecule is Cc1c(Br)cc(CO)cc1S(=O)(=O)NCCC1CC1. The zero-order chi connectivity index (χ0) is 14.0. The van der Waals surface area contributed by atoms with Crippen molar-refractivity contribution in [3.05, 3.63) is 27.7 Å². The van der Waals surface area contributed by atoms with Gasteiger partial charge in [0.15, 0.2) is 0 Å². The average Bonchev–Trinajstić information content (AvgIpc) is 3.16. The Bertz CT molecular complexity index is 567. The van der Waals surface area contributed by atoms with Gasteiger partial charge in [-0.1, -0.05) is 28.8 Å². The molecule has 0 saturated heterocycles. The Morgan fingerprint density at radius 3 is 2.68 bits per heavy atom. The van der Waals surface area contributed by atoms with Gasteiger partial charge in [0.1, 0.15) is 0 Å². The zero-order valence-corrected chi connectivity index (χ0v) is 13.2. The van der Waals surface area contributed by atoms with Crippen LogP contribution in [0.3, 0.4) is 0 Å². The third-order valence-corrected chi connectivity index (χ3v) is 5.78. The molecule has 0 bridgehead atoms. The summed E-state index contributed by atoms with van der Waals surface area (Å²) in [4.78, 5) is 0.238. The second-order valence-electron chi connectivity index (χ2n) is 4.99. The summed E-state index contributed by atoms with van der Waals surface area (Å²) >= 11 is 3.33. The molecule has 1 aliphatic rings. The fourth-order valence-corrected chi connectivity index (χ4v) is 3.96. The van der Waals surface area contributed by atoms with Crippen molar-refractivity contribution in [2.24, 2.45) is 5.92 Å². The second kappa shape index (κ2) is 5.91. The van der Waals surface area contributed by atoms with Gasteiger partial charge in [-0.3, -0.25) is 0 Å². The fourth-order valence-electron chi connectivity index (χ4n) is 1.96. The molecule has 0 heterocycles. The molecule has 1 aromatic rings. The van der Waals surface area contributed by atoms with Gasteiger partial charge in [0.2, 0.25) is 10.0 Å². The van der Waals surface area contributed by atoms with Crippen LogP contribution in [0.4, 0.5) is 0 Å². The topological polar surface area (TPSA) is 66.4 Å². The van der Waals surface area contributed by atoms with E-state index in [1.807, 2.05) is 0 Å². The van der Waals surface area contributed by atoms with Gasteiger partial charge in [-0.2, -0.15) is 0 Å². The van der Waals surface area contributed by atoms with Crippen LogP contribution < -0.4 is 4.72 Å². The molecule has 2 rings (SSSR count). The van der Waals surface area contributed by atoms with Crippen molar-refractivity contribution < 1.29 is 13.5 Å². The molecule has 0 unspecified atom stereocenters. The van der Waals surface area contributed by atoms with Gasteiger partial charge in [-0.15, -0.1) is 0 Å². The van der Waals surface area contributed by atoms with Gasteiger partial charge in [0.25, 0.3) is 0 Å². The zero-order valence-electron chi connectivity index (χ0n) is 10.8. The van der Waals surface area contributed by atoms with Crippen LogP contribution in [0.1, 0.15) is 30.4 Å². The van der Waals surface area contributed by atoms with Crippen molar-refractivity contribution in [1.29, 1.82) is 0 Å². The number of rotatable bonds is 6. The molecule has 6 heteroatoms. The largest absolute Gasteiger partial charge is 0.392 e. The number of sulfonamides is 1. The molecule has 1 saturated carbocycles. The minimum absolute atomic E-state index is 0.177. The maximum atomic E-state index is 12.3. The number of hydrogen-bond acceptors (Lipinski definition) is 3. The van der Waals surface area contributed by atoms with Crippen molar-refractivity contribution in [2.45, 2.75) is 37.7 Å². The molecule has 2 N–H and O–H groups in total. The summed E-state index contributed by atoms with van der Waals surface area (Å²) in [5.41, 5.74) is 1.25. The van der Waals surface area contributed by atoms with E-state index < -0.39 is 10.0 Å². The Hall–Kier alpha value is -0.430. The predicted octanol–water partition coefficient (Wildman–Crippen LogP) is 2.33. The van der Waals surface area contributed by atoms with Crippen molar-refractivity contribution in [3.63, 3.8) is 0 Å². The van der Waals surface area contributed by atoms with Gasteiger partial charge >= 0.3 is 0 Å². The van der Waals surface area contributed by atoms with E-state index in [1.54, 1.807) is 13.0 Å². The Morgan fingerprint density at radius 2 is 2.11 bits per heavy atom. The lowest BCUT2D eigenvalue weighted by atomic mass is 10.2. The first-order valence-corrected chi connectivity index (χ1v) is 8.61. The fraction of sp³-hybridized carbons (Fsp3) is 0.538. The highest BCUT2D eigenvalue weighted by molar-refractivity contribution is 9.10. The smallest absolute Gasteiger partial charge is 0.240 e. The van der Waals surface area contributed by atoms with Crippen LogP contribution in [0.2, 0.25) is 0 Å². The lowest BCUT2D eigenvalue weighted by Gasteiger charge is -2.12. The predicted molar refractivity (Wildman–Crippen MR) is 77.3 cm³/mol. The lowest BCUT2D eigenvalue weighted by Crippen LogP contribution is -2.26. The van der Waals surface area contributed by atoms with E-state index in [0.29, 0.717) is 28.1 Å². The Kier molecular flexibility index (Phi) is 4.66. The van der Waals surface area contributed by atoms with E-state index in [4.69, 9.17) is 5.11 Å². The molecular weight excluding hydrogens is 330 g/mol. The molecule has 0 aromatic heterocycles. The molecule has 1 fully saturated rings. The van der Waals surface area contributed by atoms with Gasteiger partial charge in [0.05, 0.1) is 11.5 Å². The van der Waals surface area contributed by atoms with Crippen LogP contribution >= 0.6 is 15.9 Å². The number of halogens is 1. The molecule has 0 radical (unpaired) electrons. The quantitative estimate of drug-likeness (QED) is 0.829. The van der Waals surface area contributed by atoms with Gasteiger partial charge in [0, 0.05) is 11.0 Å². The maximum Gasteiger partial charge on any atom is 0.240 e. The molecule has 1 aromatic carbocycles. The standard InChI is InChI=1S/C13H18BrNO3S/c1-9-12(14)6-11(8-16)7-13(9)19(17,18)15-5-4-10-2-3-10/h6-7,10,15-16H,2-5,8H2,1H3. The highest BCUT2D eigenvalue weighted by Crippen LogP contribution is 2.32. The minimum atomic E-state index is -3.51. The third kappa shape index (κ3) is 3.78. The molecule has 4 nitrogen and oxygen atoms in total. The average molecular weight is 348 g/mol. The van der Waals surface area contributed by atoms with Gasteiger partial charge in [-0.05, 0) is 42.5 Å². The molecule has 1 aliphatic carbocycles. The van der Waals surface area contributed by atoms with Crippen LogP contribution in [0.15, 0.2) is 21.5 Å². The summed E-state index contributed by atoms with van der Waals surface area (Å²) in [5, 5.41) is 9.16. The van der Waals surface area contributed by atoms with Crippen LogP contribution in [0.25, 0.3) is 0 Å². The van der Waals surface area contributed by atoms with E-state index in [9.17, 15) is 8.42 Å². The molecule has 19 heavy (non-hydrogen) atoms. The number of benzene rings is 1. The second-order valence-corrected chi connectivity index (χ2v) is 7.58. The molecule has 106 valence electrons. The monoisotopic (exact) mass is 347 g/mol. The molecule has 0 spiro atoms. The lowest BCUT2D eigenvalue weighted by molar-refractivity contribution is 0.281. The van der Waals surface area contributed by atoms with Gasteiger partial charge < -0.3 is 5.11 Å². The summed E-state index contributed by atoms with van der Waals surface area (Å²) in [5.74, 6) is 0.694.